The molecule has 3 nitrogen and oxygen atoms in total. The molecule has 0 spiro atoms. The van der Waals surface area contributed by atoms with Crippen LogP contribution in [0.15, 0.2) is 33.7 Å². The molecular weight excluding hydrogens is 417 g/mol. The molecule has 5 heteroatoms. The fourth-order valence-electron chi connectivity index (χ4n) is 2.78. The van der Waals surface area contributed by atoms with E-state index in [2.05, 4.69) is 50.5 Å². The average molecular weight is 438 g/mol. The van der Waals surface area contributed by atoms with Gasteiger partial charge in [-0.3, -0.25) is 4.99 Å². The van der Waals surface area contributed by atoms with Crippen LogP contribution in [-0.2, 0) is 5.41 Å². The van der Waals surface area contributed by atoms with E-state index in [0.29, 0.717) is 5.96 Å². The fraction of sp³-hybridized carbons (Fsp3) is 0.500. The van der Waals surface area contributed by atoms with Gasteiger partial charge in [0.2, 0.25) is 0 Å². The molecule has 1 aliphatic rings. The maximum Gasteiger partial charge on any atom is 0.188 e. The summed E-state index contributed by atoms with van der Waals surface area (Å²) < 4.78 is 1.14. The lowest BCUT2D eigenvalue weighted by Gasteiger charge is -2.30. The Labute approximate surface area is 140 Å². The number of benzene rings is 1. The van der Waals surface area contributed by atoms with Crippen LogP contribution in [0.1, 0.15) is 31.2 Å². The van der Waals surface area contributed by atoms with Crippen LogP contribution in [0.5, 0.6) is 0 Å². The Balaban J connectivity index is 0.00000180. The van der Waals surface area contributed by atoms with Gasteiger partial charge in [0.1, 0.15) is 0 Å². The Morgan fingerprint density at radius 3 is 2.68 bits per heavy atom. The maximum absolute atomic E-state index is 5.75. The van der Waals surface area contributed by atoms with E-state index in [1.165, 1.54) is 31.2 Å². The van der Waals surface area contributed by atoms with Crippen LogP contribution in [0.4, 0.5) is 0 Å². The minimum Gasteiger partial charge on any atom is -0.370 e. The molecule has 0 aromatic heterocycles. The van der Waals surface area contributed by atoms with E-state index in [4.69, 9.17) is 5.73 Å². The summed E-state index contributed by atoms with van der Waals surface area (Å²) >= 11 is 3.56. The normalized spacial score (nSPS) is 17.9. The fourth-order valence-corrected chi connectivity index (χ4v) is 3.18. The first-order chi connectivity index (χ1) is 8.66. The molecule has 3 N–H and O–H groups in total. The van der Waals surface area contributed by atoms with Gasteiger partial charge in [0.05, 0.1) is 0 Å². The Bertz CT molecular complexity index is 442. The second-order valence-corrected chi connectivity index (χ2v) is 5.88. The molecule has 0 radical (unpaired) electrons. The van der Waals surface area contributed by atoms with Crippen molar-refractivity contribution in [2.24, 2.45) is 10.7 Å². The summed E-state index contributed by atoms with van der Waals surface area (Å²) in [5, 5.41) is 3.25. The van der Waals surface area contributed by atoms with E-state index in [1.54, 1.807) is 7.05 Å². The Kier molecular flexibility index (Phi) is 6.59. The molecule has 2 rings (SSSR count). The minimum atomic E-state index is 0. The molecule has 0 unspecified atom stereocenters. The quantitative estimate of drug-likeness (QED) is 0.432. The largest absolute Gasteiger partial charge is 0.370 e. The summed E-state index contributed by atoms with van der Waals surface area (Å²) in [4.78, 5) is 3.97. The van der Waals surface area contributed by atoms with E-state index in [9.17, 15) is 0 Å². The third kappa shape index (κ3) is 4.08. The summed E-state index contributed by atoms with van der Waals surface area (Å²) in [5.41, 5.74) is 7.35. The minimum absolute atomic E-state index is 0. The molecule has 0 bridgehead atoms. The molecule has 0 heterocycles. The molecule has 0 atom stereocenters. The highest BCUT2D eigenvalue weighted by Gasteiger charge is 2.35. The topological polar surface area (TPSA) is 50.4 Å². The van der Waals surface area contributed by atoms with Crippen LogP contribution >= 0.6 is 39.9 Å². The van der Waals surface area contributed by atoms with Crippen molar-refractivity contribution in [3.05, 3.63) is 34.3 Å². The average Bonchev–Trinajstić information content (AvgIpc) is 2.86. The van der Waals surface area contributed by atoms with Gasteiger partial charge in [0, 0.05) is 23.5 Å². The molecule has 19 heavy (non-hydrogen) atoms. The van der Waals surface area contributed by atoms with Gasteiger partial charge in [-0.25, -0.2) is 0 Å². The van der Waals surface area contributed by atoms with Gasteiger partial charge in [0.25, 0.3) is 0 Å². The number of rotatable bonds is 3. The van der Waals surface area contributed by atoms with Crippen molar-refractivity contribution >= 4 is 45.9 Å². The van der Waals surface area contributed by atoms with Crippen LogP contribution in [0.2, 0.25) is 0 Å². The van der Waals surface area contributed by atoms with E-state index < -0.39 is 0 Å². The molecule has 1 fully saturated rings. The van der Waals surface area contributed by atoms with Crippen LogP contribution < -0.4 is 11.1 Å². The molecule has 1 aromatic carbocycles. The van der Waals surface area contributed by atoms with E-state index in [-0.39, 0.29) is 29.4 Å². The lowest BCUT2D eigenvalue weighted by molar-refractivity contribution is 0.433. The highest BCUT2D eigenvalue weighted by atomic mass is 127. The number of nitrogens with zero attached hydrogens (tertiary/aromatic N) is 1. The lowest BCUT2D eigenvalue weighted by Crippen LogP contribution is -2.42. The first kappa shape index (κ1) is 16.8. The second kappa shape index (κ2) is 7.47. The molecule has 0 aliphatic heterocycles. The second-order valence-electron chi connectivity index (χ2n) is 4.96. The van der Waals surface area contributed by atoms with Gasteiger partial charge in [-0.05, 0) is 30.5 Å². The zero-order valence-corrected chi connectivity index (χ0v) is 15.1. The van der Waals surface area contributed by atoms with E-state index in [0.717, 1.165) is 11.0 Å². The number of nitrogens with two attached hydrogens (primary N) is 1. The number of hydrogen-bond acceptors (Lipinski definition) is 1. The number of nitrogens with one attached hydrogen (secondary N) is 1. The molecule has 1 aliphatic carbocycles. The molecule has 1 saturated carbocycles. The van der Waals surface area contributed by atoms with Crippen molar-refractivity contribution < 1.29 is 0 Å². The van der Waals surface area contributed by atoms with Gasteiger partial charge < -0.3 is 11.1 Å². The number of guanidine groups is 1. The summed E-state index contributed by atoms with van der Waals surface area (Å²) in [6, 6.07) is 8.63. The first-order valence-electron chi connectivity index (χ1n) is 6.38. The molecule has 106 valence electrons. The monoisotopic (exact) mass is 437 g/mol. The Hall–Kier alpha value is -0.300. The summed E-state index contributed by atoms with van der Waals surface area (Å²) in [6.07, 6.45) is 5.01. The first-order valence-corrected chi connectivity index (χ1v) is 7.18. The molecular formula is C14H21BrIN3. The SMILES string of the molecule is CN=C(N)NCC1(c2cccc(Br)c2)CCCC1.I. The number of aliphatic imine (C=N–C) groups is 1. The van der Waals surface area contributed by atoms with Crippen molar-refractivity contribution in [3.63, 3.8) is 0 Å². The summed E-state index contributed by atoms with van der Waals surface area (Å²) in [5.74, 6) is 0.524. The van der Waals surface area contributed by atoms with Crippen molar-refractivity contribution in [1.29, 1.82) is 0 Å². The summed E-state index contributed by atoms with van der Waals surface area (Å²) in [7, 11) is 1.71. The predicted molar refractivity (Wildman–Crippen MR) is 95.3 cm³/mol. The van der Waals surface area contributed by atoms with E-state index in [1.807, 2.05) is 0 Å². The van der Waals surface area contributed by atoms with E-state index >= 15 is 0 Å². The van der Waals surface area contributed by atoms with Crippen molar-refractivity contribution in [1.82, 2.24) is 5.32 Å². The van der Waals surface area contributed by atoms with Crippen molar-refractivity contribution in [3.8, 4) is 0 Å². The highest BCUT2D eigenvalue weighted by molar-refractivity contribution is 14.0. The van der Waals surface area contributed by atoms with Crippen molar-refractivity contribution in [2.45, 2.75) is 31.1 Å². The van der Waals surface area contributed by atoms with Gasteiger partial charge in [0.15, 0.2) is 5.96 Å². The lowest BCUT2D eigenvalue weighted by atomic mass is 9.79. The molecule has 0 saturated heterocycles. The maximum atomic E-state index is 5.75. The zero-order chi connectivity index (χ0) is 13.0. The Morgan fingerprint density at radius 2 is 2.11 bits per heavy atom. The predicted octanol–water partition coefficient (Wildman–Crippen LogP) is 3.41. The third-order valence-electron chi connectivity index (χ3n) is 3.85. The number of halogens is 2. The van der Waals surface area contributed by atoms with Gasteiger partial charge in [-0.2, -0.15) is 0 Å². The standard InChI is InChI=1S/C14H20BrN3.HI/c1-17-13(16)18-10-14(7-2-3-8-14)11-5-4-6-12(15)9-11;/h4-6,9H,2-3,7-8,10H2,1H3,(H3,16,17,18);1H. The third-order valence-corrected chi connectivity index (χ3v) is 4.34. The van der Waals surface area contributed by atoms with Crippen LogP contribution in [0.3, 0.4) is 0 Å². The summed E-state index contributed by atoms with van der Waals surface area (Å²) in [6.45, 7) is 0.868. The molecule has 0 amide bonds. The Morgan fingerprint density at radius 1 is 1.42 bits per heavy atom. The van der Waals surface area contributed by atoms with Crippen LogP contribution in [0, 0.1) is 0 Å². The zero-order valence-electron chi connectivity index (χ0n) is 11.2. The van der Waals surface area contributed by atoms with Gasteiger partial charge in [-0.15, -0.1) is 24.0 Å². The van der Waals surface area contributed by atoms with Gasteiger partial charge >= 0.3 is 0 Å². The smallest absolute Gasteiger partial charge is 0.188 e. The van der Waals surface area contributed by atoms with Crippen molar-refractivity contribution in [2.75, 3.05) is 13.6 Å². The van der Waals surface area contributed by atoms with Crippen LogP contribution in [0.25, 0.3) is 0 Å². The molecule has 1 aromatic rings. The van der Waals surface area contributed by atoms with Crippen LogP contribution in [-0.4, -0.2) is 19.6 Å². The highest BCUT2D eigenvalue weighted by Crippen LogP contribution is 2.41. The number of hydrogen-bond donors (Lipinski definition) is 2. The van der Waals surface area contributed by atoms with Gasteiger partial charge in [-0.1, -0.05) is 40.9 Å².